The number of hydrogen-bond acceptors (Lipinski definition) is 5. The zero-order chi connectivity index (χ0) is 12.4. The van der Waals surface area contributed by atoms with E-state index in [1.807, 2.05) is 0 Å². The number of halogens is 1. The molecule has 3 atom stereocenters. The van der Waals surface area contributed by atoms with Gasteiger partial charge < -0.3 is 14.9 Å². The fourth-order valence-corrected chi connectivity index (χ4v) is 1.88. The molecule has 0 aliphatic heterocycles. The van der Waals surface area contributed by atoms with Crippen LogP contribution in [0, 0.1) is 10.7 Å². The lowest BCUT2D eigenvalue weighted by molar-refractivity contribution is 0.0438. The van der Waals surface area contributed by atoms with Crippen LogP contribution in [-0.2, 0) is 0 Å². The molecule has 0 amide bonds. The third kappa shape index (κ3) is 2.59. The third-order valence-corrected chi connectivity index (χ3v) is 2.77. The number of nitroso groups, excluding NO2 is 1. The maximum atomic E-state index is 13.0. The van der Waals surface area contributed by atoms with Crippen molar-refractivity contribution in [1.82, 2.24) is 0 Å². The number of hydrogen-bond donors (Lipinski definition) is 2. The summed E-state index contributed by atoms with van der Waals surface area (Å²) in [4.78, 5) is 10.5. The molecular weight excluding hydrogens is 229 g/mol. The van der Waals surface area contributed by atoms with E-state index in [1.165, 1.54) is 6.07 Å². The number of rotatable bonds is 3. The standard InChI is InChI=1S/C11H12FNO4/c12-6-1-2-8(13-16)11(3-6)17-7-4-9(14)10(15)5-7/h1-3,7,9-10,14-15H,4-5H2/t7?,9-,10+. The van der Waals surface area contributed by atoms with Crippen molar-refractivity contribution < 1.29 is 19.3 Å². The maximum absolute atomic E-state index is 13.0. The fourth-order valence-electron chi connectivity index (χ4n) is 1.88. The second kappa shape index (κ2) is 4.77. The third-order valence-electron chi connectivity index (χ3n) is 2.77. The molecule has 0 spiro atoms. The Morgan fingerprint density at radius 3 is 2.53 bits per heavy atom. The summed E-state index contributed by atoms with van der Waals surface area (Å²) in [5, 5.41) is 21.4. The molecular formula is C11H12FNO4. The topological polar surface area (TPSA) is 79.1 Å². The molecule has 2 N–H and O–H groups in total. The van der Waals surface area contributed by atoms with E-state index < -0.39 is 24.1 Å². The van der Waals surface area contributed by atoms with Crippen molar-refractivity contribution in [3.05, 3.63) is 28.9 Å². The Balaban J connectivity index is 2.13. The summed E-state index contributed by atoms with van der Waals surface area (Å²) in [7, 11) is 0. The van der Waals surface area contributed by atoms with Gasteiger partial charge in [-0.15, -0.1) is 4.91 Å². The molecule has 0 bridgehead atoms. The molecule has 6 heteroatoms. The minimum Gasteiger partial charge on any atom is -0.488 e. The van der Waals surface area contributed by atoms with Crippen LogP contribution in [0.2, 0.25) is 0 Å². The highest BCUT2D eigenvalue weighted by atomic mass is 19.1. The van der Waals surface area contributed by atoms with Gasteiger partial charge in [0.15, 0.2) is 5.75 Å². The van der Waals surface area contributed by atoms with Gasteiger partial charge in [-0.2, -0.15) is 0 Å². The smallest absolute Gasteiger partial charge is 0.151 e. The van der Waals surface area contributed by atoms with E-state index in [4.69, 9.17) is 4.74 Å². The van der Waals surface area contributed by atoms with Gasteiger partial charge in [0.1, 0.15) is 17.6 Å². The molecule has 2 rings (SSSR count). The van der Waals surface area contributed by atoms with Gasteiger partial charge in [0, 0.05) is 18.9 Å². The normalized spacial score (nSPS) is 28.1. The Morgan fingerprint density at radius 1 is 1.29 bits per heavy atom. The van der Waals surface area contributed by atoms with Crippen molar-refractivity contribution in [1.29, 1.82) is 0 Å². The molecule has 1 aromatic carbocycles. The van der Waals surface area contributed by atoms with Gasteiger partial charge in [0.05, 0.1) is 12.2 Å². The molecule has 0 radical (unpaired) electrons. The first-order chi connectivity index (χ1) is 8.10. The van der Waals surface area contributed by atoms with E-state index in [1.54, 1.807) is 0 Å². The Morgan fingerprint density at radius 2 is 1.94 bits per heavy atom. The van der Waals surface area contributed by atoms with Crippen LogP contribution in [0.4, 0.5) is 10.1 Å². The lowest BCUT2D eigenvalue weighted by Crippen LogP contribution is -2.17. The predicted octanol–water partition coefficient (Wildman–Crippen LogP) is 1.49. The molecule has 1 aliphatic rings. The zero-order valence-electron chi connectivity index (χ0n) is 8.91. The van der Waals surface area contributed by atoms with Crippen molar-refractivity contribution in [3.8, 4) is 5.75 Å². The first-order valence-electron chi connectivity index (χ1n) is 5.26. The van der Waals surface area contributed by atoms with Crippen LogP contribution < -0.4 is 4.74 Å². The van der Waals surface area contributed by atoms with Crippen molar-refractivity contribution in [2.24, 2.45) is 5.18 Å². The largest absolute Gasteiger partial charge is 0.488 e. The van der Waals surface area contributed by atoms with Crippen molar-refractivity contribution in [2.75, 3.05) is 0 Å². The lowest BCUT2D eigenvalue weighted by atomic mass is 10.2. The van der Waals surface area contributed by atoms with Gasteiger partial charge in [-0.25, -0.2) is 4.39 Å². The summed E-state index contributed by atoms with van der Waals surface area (Å²) < 4.78 is 18.4. The van der Waals surface area contributed by atoms with E-state index in [2.05, 4.69) is 5.18 Å². The highest BCUT2D eigenvalue weighted by Gasteiger charge is 2.33. The molecule has 0 saturated heterocycles. The van der Waals surface area contributed by atoms with Crippen molar-refractivity contribution in [3.63, 3.8) is 0 Å². The Hall–Kier alpha value is -1.53. The van der Waals surface area contributed by atoms with Crippen LogP contribution in [0.15, 0.2) is 23.4 Å². The lowest BCUT2D eigenvalue weighted by Gasteiger charge is -2.13. The molecule has 1 saturated carbocycles. The Bertz CT molecular complexity index is 416. The highest BCUT2D eigenvalue weighted by molar-refractivity contribution is 5.51. The fraction of sp³-hybridized carbons (Fsp3) is 0.455. The predicted molar refractivity (Wildman–Crippen MR) is 57.5 cm³/mol. The molecule has 5 nitrogen and oxygen atoms in total. The van der Waals surface area contributed by atoms with Gasteiger partial charge in [0.2, 0.25) is 0 Å². The van der Waals surface area contributed by atoms with E-state index >= 15 is 0 Å². The molecule has 17 heavy (non-hydrogen) atoms. The van der Waals surface area contributed by atoms with Crippen LogP contribution >= 0.6 is 0 Å². The van der Waals surface area contributed by atoms with Gasteiger partial charge in [0.25, 0.3) is 0 Å². The summed E-state index contributed by atoms with van der Waals surface area (Å²) in [6.45, 7) is 0. The first-order valence-corrected chi connectivity index (χ1v) is 5.26. The van der Waals surface area contributed by atoms with Crippen LogP contribution in [0.25, 0.3) is 0 Å². The Labute approximate surface area is 96.8 Å². The molecule has 1 fully saturated rings. The molecule has 1 aliphatic carbocycles. The summed E-state index contributed by atoms with van der Waals surface area (Å²) >= 11 is 0. The minimum atomic E-state index is -0.846. The Kier molecular flexibility index (Phi) is 3.35. The molecule has 92 valence electrons. The quantitative estimate of drug-likeness (QED) is 0.786. The second-order valence-electron chi connectivity index (χ2n) is 4.05. The summed E-state index contributed by atoms with van der Waals surface area (Å²) in [6.07, 6.45) is -1.64. The molecule has 1 aromatic rings. The number of nitrogens with zero attached hydrogens (tertiary/aromatic N) is 1. The van der Waals surface area contributed by atoms with E-state index in [-0.39, 0.29) is 24.3 Å². The van der Waals surface area contributed by atoms with Crippen molar-refractivity contribution >= 4 is 5.69 Å². The highest BCUT2D eigenvalue weighted by Crippen LogP contribution is 2.32. The summed E-state index contributed by atoms with van der Waals surface area (Å²) in [5.41, 5.74) is 0.00211. The number of aliphatic hydroxyl groups excluding tert-OH is 2. The number of ether oxygens (including phenoxy) is 1. The average Bonchev–Trinajstić information content (AvgIpc) is 2.58. The second-order valence-corrected chi connectivity index (χ2v) is 4.05. The van der Waals surface area contributed by atoms with Gasteiger partial charge in [-0.3, -0.25) is 0 Å². The first kappa shape index (κ1) is 11.9. The van der Waals surface area contributed by atoms with Gasteiger partial charge in [-0.05, 0) is 17.3 Å². The van der Waals surface area contributed by atoms with Crippen LogP contribution in [0.3, 0.4) is 0 Å². The van der Waals surface area contributed by atoms with Crippen LogP contribution in [0.5, 0.6) is 5.75 Å². The molecule has 0 aromatic heterocycles. The summed E-state index contributed by atoms with van der Waals surface area (Å²) in [5.74, 6) is -0.502. The van der Waals surface area contributed by atoms with E-state index in [0.29, 0.717) is 0 Å². The average molecular weight is 241 g/mol. The minimum absolute atomic E-state index is 0.00211. The van der Waals surface area contributed by atoms with Crippen LogP contribution in [-0.4, -0.2) is 28.5 Å². The monoisotopic (exact) mass is 241 g/mol. The number of aliphatic hydroxyl groups is 2. The van der Waals surface area contributed by atoms with Gasteiger partial charge >= 0.3 is 0 Å². The van der Waals surface area contributed by atoms with Gasteiger partial charge in [-0.1, -0.05) is 0 Å². The van der Waals surface area contributed by atoms with Crippen LogP contribution in [0.1, 0.15) is 12.8 Å². The van der Waals surface area contributed by atoms with Crippen molar-refractivity contribution in [2.45, 2.75) is 31.2 Å². The molecule has 1 unspecified atom stereocenters. The number of benzene rings is 1. The van der Waals surface area contributed by atoms with E-state index in [0.717, 1.165) is 12.1 Å². The molecule has 0 heterocycles. The maximum Gasteiger partial charge on any atom is 0.151 e. The summed E-state index contributed by atoms with van der Waals surface area (Å²) in [6, 6.07) is 3.40. The van der Waals surface area contributed by atoms with E-state index in [9.17, 15) is 19.5 Å². The SMILES string of the molecule is O=Nc1ccc(F)cc1OC1C[C@@H](O)[C@@H](O)C1. The zero-order valence-corrected chi connectivity index (χ0v) is 8.91.